The molecule has 1 heterocycles. The van der Waals surface area contributed by atoms with E-state index < -0.39 is 6.10 Å². The lowest BCUT2D eigenvalue weighted by Gasteiger charge is -2.52. The van der Waals surface area contributed by atoms with E-state index in [0.29, 0.717) is 25.7 Å². The van der Waals surface area contributed by atoms with Gasteiger partial charge in [0.1, 0.15) is 5.78 Å². The van der Waals surface area contributed by atoms with Gasteiger partial charge in [-0.1, -0.05) is 38.3 Å². The Hall–Kier alpha value is -1.68. The van der Waals surface area contributed by atoms with E-state index in [4.69, 9.17) is 4.84 Å². The number of rotatable bonds is 12. The molecule has 0 amide bonds. The highest BCUT2D eigenvalue weighted by Crippen LogP contribution is 2.39. The Balaban J connectivity index is 2.09. The number of carbonyl (C=O) groups is 2. The number of hydroxylamine groups is 2. The van der Waals surface area contributed by atoms with Gasteiger partial charge in [-0.2, -0.15) is 5.06 Å². The summed E-state index contributed by atoms with van der Waals surface area (Å²) < 4.78 is 4.65. The van der Waals surface area contributed by atoms with Crippen molar-refractivity contribution in [3.05, 3.63) is 12.2 Å². The number of hydrogen-bond acceptors (Lipinski definition) is 6. The molecule has 0 bridgehead atoms. The van der Waals surface area contributed by atoms with Gasteiger partial charge in [0.2, 0.25) is 0 Å². The molecule has 1 saturated carbocycles. The van der Waals surface area contributed by atoms with E-state index in [9.17, 15) is 14.7 Å². The number of hydrogen-bond donors (Lipinski definition) is 1. The van der Waals surface area contributed by atoms with Gasteiger partial charge in [0.25, 0.3) is 0 Å². The maximum atomic E-state index is 12.6. The number of aliphatic hydroxyl groups excluding tert-OH is 1. The summed E-state index contributed by atoms with van der Waals surface area (Å²) in [6.45, 7) is 11.2. The molecule has 0 aromatic rings. The molecular weight excluding hydrogens is 454 g/mol. The number of esters is 1. The topological polar surface area (TPSA) is 76.1 Å². The SMILES string of the molecule is CCCCC[C@H](/C=C/[C@H]1[C@H](O)CC(=O)[C@H]1CC#CCCCC(=O)OC)ON1C(C)(C)CCCC1(C)C. The molecule has 0 aromatic carbocycles. The van der Waals surface area contributed by atoms with Crippen molar-refractivity contribution in [2.24, 2.45) is 11.8 Å². The van der Waals surface area contributed by atoms with Gasteiger partial charge in [0.15, 0.2) is 0 Å². The monoisotopic (exact) mass is 503 g/mol. The van der Waals surface area contributed by atoms with E-state index >= 15 is 0 Å². The van der Waals surface area contributed by atoms with E-state index in [1.165, 1.54) is 13.5 Å². The van der Waals surface area contributed by atoms with Crippen molar-refractivity contribution < 1.29 is 24.3 Å². The number of methoxy groups -OCH3 is 1. The zero-order chi connectivity index (χ0) is 26.8. The molecule has 0 aromatic heterocycles. The van der Waals surface area contributed by atoms with Gasteiger partial charge >= 0.3 is 5.97 Å². The molecule has 1 aliphatic heterocycles. The highest BCUT2D eigenvalue weighted by molar-refractivity contribution is 5.85. The Bertz CT molecular complexity index is 790. The van der Waals surface area contributed by atoms with Crippen molar-refractivity contribution in [2.75, 3.05) is 7.11 Å². The molecule has 0 unspecified atom stereocenters. The third-order valence-electron chi connectivity index (χ3n) is 7.65. The number of ether oxygens (including phenoxy) is 1. The van der Waals surface area contributed by atoms with Crippen LogP contribution >= 0.6 is 0 Å². The van der Waals surface area contributed by atoms with E-state index in [2.05, 4.69) is 62.3 Å². The second-order valence-corrected chi connectivity index (χ2v) is 11.7. The molecule has 2 aliphatic rings. The van der Waals surface area contributed by atoms with Crippen LogP contribution in [0.1, 0.15) is 112 Å². The van der Waals surface area contributed by atoms with Crippen LogP contribution in [0, 0.1) is 23.7 Å². The first kappa shape index (κ1) is 30.5. The summed E-state index contributed by atoms with van der Waals surface area (Å²) >= 11 is 0. The fraction of sp³-hybridized carbons (Fsp3) is 0.800. The standard InChI is InChI=1S/C30H49NO5/c1-7-8-11-15-23(36-31-29(2,3)20-14-21-30(31,4)5)18-19-25-24(26(32)22-27(25)33)16-12-9-10-13-17-28(34)35-6/h18-19,23-25,27,33H,7-8,10-11,13-17,20-22H2,1-6H3/b19-18+/t23-,24+,25-,27-/m1/s1. The van der Waals surface area contributed by atoms with Crippen molar-refractivity contribution in [1.82, 2.24) is 5.06 Å². The second kappa shape index (κ2) is 14.3. The van der Waals surface area contributed by atoms with Gasteiger partial charge in [-0.25, -0.2) is 0 Å². The Morgan fingerprint density at radius 1 is 1.17 bits per heavy atom. The molecule has 0 spiro atoms. The van der Waals surface area contributed by atoms with Gasteiger partial charge in [-0.15, -0.1) is 11.8 Å². The lowest BCUT2D eigenvalue weighted by molar-refractivity contribution is -0.297. The average Bonchev–Trinajstić information content (AvgIpc) is 3.07. The molecular formula is C30H49NO5. The minimum atomic E-state index is -0.681. The van der Waals surface area contributed by atoms with Crippen molar-refractivity contribution in [2.45, 2.75) is 135 Å². The molecule has 36 heavy (non-hydrogen) atoms. The van der Waals surface area contributed by atoms with Crippen LogP contribution in [0.2, 0.25) is 0 Å². The first-order valence-corrected chi connectivity index (χ1v) is 13.9. The van der Waals surface area contributed by atoms with E-state index in [1.807, 2.05) is 6.08 Å². The summed E-state index contributed by atoms with van der Waals surface area (Å²) in [5.41, 5.74) is -0.0964. The van der Waals surface area contributed by atoms with Gasteiger partial charge in [0.05, 0.1) is 19.3 Å². The van der Waals surface area contributed by atoms with Crippen molar-refractivity contribution in [1.29, 1.82) is 0 Å². The van der Waals surface area contributed by atoms with Crippen molar-refractivity contribution >= 4 is 11.8 Å². The molecule has 4 atom stereocenters. The Kier molecular flexibility index (Phi) is 12.1. The zero-order valence-electron chi connectivity index (χ0n) is 23.5. The highest BCUT2D eigenvalue weighted by atomic mass is 16.7. The Labute approximate surface area is 219 Å². The zero-order valence-corrected chi connectivity index (χ0v) is 23.5. The Morgan fingerprint density at radius 3 is 2.50 bits per heavy atom. The maximum Gasteiger partial charge on any atom is 0.305 e. The van der Waals surface area contributed by atoms with Crippen molar-refractivity contribution in [3.8, 4) is 11.8 Å². The molecule has 6 nitrogen and oxygen atoms in total. The number of ketones is 1. The summed E-state index contributed by atoms with van der Waals surface area (Å²) in [5, 5.41) is 12.9. The molecule has 1 aliphatic carbocycles. The number of Topliss-reactive ketones (excluding diaryl/α,β-unsaturated/α-hetero) is 1. The smallest absolute Gasteiger partial charge is 0.305 e. The number of nitrogens with zero attached hydrogens (tertiary/aromatic N) is 1. The van der Waals surface area contributed by atoms with Crippen LogP contribution in [0.15, 0.2) is 12.2 Å². The molecule has 1 saturated heterocycles. The fourth-order valence-corrected chi connectivity index (χ4v) is 5.61. The first-order valence-electron chi connectivity index (χ1n) is 13.9. The molecule has 204 valence electrons. The van der Waals surface area contributed by atoms with Crippen LogP contribution in [0.25, 0.3) is 0 Å². The average molecular weight is 504 g/mol. The summed E-state index contributed by atoms with van der Waals surface area (Å²) in [6.07, 6.45) is 13.2. The summed E-state index contributed by atoms with van der Waals surface area (Å²) in [5.74, 6) is 5.47. The lowest BCUT2D eigenvalue weighted by atomic mass is 9.82. The third kappa shape index (κ3) is 9.01. The van der Waals surface area contributed by atoms with Gasteiger partial charge in [0, 0.05) is 48.6 Å². The predicted molar refractivity (Wildman–Crippen MR) is 143 cm³/mol. The predicted octanol–water partition coefficient (Wildman–Crippen LogP) is 5.77. The normalized spacial score (nSPS) is 26.5. The number of piperidine rings is 1. The van der Waals surface area contributed by atoms with Crippen LogP contribution in [0.4, 0.5) is 0 Å². The number of aliphatic hydroxyl groups is 1. The van der Waals surface area contributed by atoms with Gasteiger partial charge < -0.3 is 9.84 Å². The fourth-order valence-electron chi connectivity index (χ4n) is 5.61. The molecule has 0 radical (unpaired) electrons. The van der Waals surface area contributed by atoms with E-state index in [1.54, 1.807) is 0 Å². The molecule has 2 rings (SSSR count). The number of unbranched alkanes of at least 4 members (excludes halogenated alkanes) is 3. The molecule has 1 N–H and O–H groups in total. The Morgan fingerprint density at radius 2 is 1.86 bits per heavy atom. The van der Waals surface area contributed by atoms with Crippen LogP contribution in [0.5, 0.6) is 0 Å². The van der Waals surface area contributed by atoms with E-state index in [0.717, 1.165) is 38.5 Å². The van der Waals surface area contributed by atoms with Gasteiger partial charge in [-0.05, 0) is 59.8 Å². The second-order valence-electron chi connectivity index (χ2n) is 11.7. The number of carbonyl (C=O) groups excluding carboxylic acids is 2. The minimum absolute atomic E-state index is 0.0482. The summed E-state index contributed by atoms with van der Waals surface area (Å²) in [6, 6.07) is 0. The van der Waals surface area contributed by atoms with Crippen LogP contribution in [-0.2, 0) is 19.2 Å². The maximum absolute atomic E-state index is 12.6. The molecule has 6 heteroatoms. The third-order valence-corrected chi connectivity index (χ3v) is 7.65. The first-order chi connectivity index (χ1) is 17.0. The highest BCUT2D eigenvalue weighted by Gasteiger charge is 2.44. The lowest BCUT2D eigenvalue weighted by Crippen LogP contribution is -2.59. The summed E-state index contributed by atoms with van der Waals surface area (Å²) in [4.78, 5) is 30.5. The summed E-state index contributed by atoms with van der Waals surface area (Å²) in [7, 11) is 1.38. The van der Waals surface area contributed by atoms with E-state index in [-0.39, 0.29) is 47.2 Å². The van der Waals surface area contributed by atoms with Gasteiger partial charge in [-0.3, -0.25) is 14.4 Å². The van der Waals surface area contributed by atoms with Crippen LogP contribution in [0.3, 0.4) is 0 Å². The van der Waals surface area contributed by atoms with Crippen LogP contribution < -0.4 is 0 Å². The largest absolute Gasteiger partial charge is 0.469 e. The van der Waals surface area contributed by atoms with Crippen LogP contribution in [-0.4, -0.2) is 52.3 Å². The quantitative estimate of drug-likeness (QED) is 0.158. The minimum Gasteiger partial charge on any atom is -0.469 e. The molecule has 2 fully saturated rings. The van der Waals surface area contributed by atoms with Crippen molar-refractivity contribution in [3.63, 3.8) is 0 Å².